The number of piperidine rings is 1. The molecule has 2 saturated heterocycles. The minimum Gasteiger partial charge on any atom is -0.380 e. The maximum absolute atomic E-state index is 14.1. The Morgan fingerprint density at radius 3 is 2.21 bits per heavy atom. The molecule has 0 aliphatic carbocycles. The molecule has 3 N–H and O–H groups in total. The predicted molar refractivity (Wildman–Crippen MR) is 237 cm³/mol. The van der Waals surface area contributed by atoms with E-state index in [4.69, 9.17) is 11.6 Å². The fraction of sp³-hybridized carbons (Fsp3) is 0.311. The number of halogens is 4. The van der Waals surface area contributed by atoms with Crippen molar-refractivity contribution in [3.63, 3.8) is 0 Å². The summed E-state index contributed by atoms with van der Waals surface area (Å²) in [7, 11) is -10.9. The van der Waals surface area contributed by atoms with Crippen molar-refractivity contribution < 1.29 is 34.8 Å². The molecule has 0 unspecified atom stereocenters. The Labute approximate surface area is 364 Å². The van der Waals surface area contributed by atoms with Gasteiger partial charge in [0.25, 0.3) is 25.8 Å². The van der Waals surface area contributed by atoms with Crippen LogP contribution >= 0.6 is 23.4 Å². The van der Waals surface area contributed by atoms with E-state index >= 15 is 0 Å². The standard InChI is InChI=1S/C45H46ClF3N4O5S3/c46-35-16-12-32(13-17-35)41-11-5-4-7-34(41)27-31-22-25-53(26-23-31)38-18-14-33(15-19-38)44(54)52-61(57,58)40-20-21-42(43(29-40)60(55,56)45(47,48)49)51-37(28-36-8-6-24-50-36)30-59-39-9-2-1-3-10-39/h1-5,7,9-21,29,31,36-37,50-51H,6,8,22-28,30H2,(H,52,54)/t36-,37-/m1/s1. The van der Waals surface area contributed by atoms with Crippen molar-refractivity contribution in [3.05, 3.63) is 137 Å². The highest BCUT2D eigenvalue weighted by molar-refractivity contribution is 7.99. The number of hydrogen-bond acceptors (Lipinski definition) is 9. The molecule has 0 saturated carbocycles. The molecule has 2 aliphatic rings. The second kappa shape index (κ2) is 19.2. The summed E-state index contributed by atoms with van der Waals surface area (Å²) in [6, 6.07) is 34.0. The first-order valence-corrected chi connectivity index (χ1v) is 24.4. The zero-order valence-electron chi connectivity index (χ0n) is 33.1. The Kier molecular flexibility index (Phi) is 14.0. The first kappa shape index (κ1) is 44.5. The van der Waals surface area contributed by atoms with Crippen LogP contribution in [0.25, 0.3) is 11.1 Å². The van der Waals surface area contributed by atoms with Crippen LogP contribution in [-0.4, -0.2) is 65.7 Å². The highest BCUT2D eigenvalue weighted by Gasteiger charge is 2.48. The van der Waals surface area contributed by atoms with Gasteiger partial charge in [0.2, 0.25) is 0 Å². The number of sulfonamides is 1. The summed E-state index contributed by atoms with van der Waals surface area (Å²) in [5, 5.41) is 7.05. The van der Waals surface area contributed by atoms with Gasteiger partial charge >= 0.3 is 5.51 Å². The molecular weight excluding hydrogens is 865 g/mol. The molecule has 9 nitrogen and oxygen atoms in total. The molecule has 2 atom stereocenters. The number of hydrogen-bond donors (Lipinski definition) is 3. The molecule has 5 aromatic carbocycles. The summed E-state index contributed by atoms with van der Waals surface area (Å²) in [5.74, 6) is -0.165. The van der Waals surface area contributed by atoms with Crippen molar-refractivity contribution in [1.82, 2.24) is 10.0 Å². The van der Waals surface area contributed by atoms with Gasteiger partial charge < -0.3 is 15.5 Å². The third-order valence-corrected chi connectivity index (χ3v) is 15.4. The van der Waals surface area contributed by atoms with Crippen LogP contribution in [0.1, 0.15) is 48.0 Å². The van der Waals surface area contributed by atoms with Gasteiger partial charge in [-0.25, -0.2) is 21.6 Å². The number of amides is 1. The summed E-state index contributed by atoms with van der Waals surface area (Å²) >= 11 is 7.57. The van der Waals surface area contributed by atoms with E-state index < -0.39 is 47.1 Å². The number of alkyl halides is 3. The van der Waals surface area contributed by atoms with E-state index in [1.54, 1.807) is 12.1 Å². The minimum atomic E-state index is -6.03. The first-order valence-electron chi connectivity index (χ1n) is 20.1. The second-order valence-electron chi connectivity index (χ2n) is 15.4. The van der Waals surface area contributed by atoms with Gasteiger partial charge in [-0.3, -0.25) is 4.79 Å². The Morgan fingerprint density at radius 1 is 0.852 bits per heavy atom. The van der Waals surface area contributed by atoms with E-state index in [2.05, 4.69) is 33.7 Å². The Balaban J connectivity index is 1.02. The number of sulfone groups is 1. The Morgan fingerprint density at radius 2 is 1.54 bits per heavy atom. The van der Waals surface area contributed by atoms with E-state index in [1.165, 1.54) is 35.0 Å². The fourth-order valence-electron chi connectivity index (χ4n) is 7.92. The van der Waals surface area contributed by atoms with Crippen LogP contribution in [0.15, 0.2) is 136 Å². The molecule has 1 amide bonds. The second-order valence-corrected chi connectivity index (χ2v) is 20.5. The maximum Gasteiger partial charge on any atom is 0.501 e. The van der Waals surface area contributed by atoms with E-state index in [1.807, 2.05) is 65.4 Å². The molecule has 7 rings (SSSR count). The van der Waals surface area contributed by atoms with Crippen LogP contribution in [0.4, 0.5) is 24.5 Å². The molecule has 2 aliphatic heterocycles. The molecule has 322 valence electrons. The Bertz CT molecular complexity index is 2520. The van der Waals surface area contributed by atoms with E-state index in [-0.39, 0.29) is 17.3 Å². The average molecular weight is 912 g/mol. The molecule has 0 bridgehead atoms. The lowest BCUT2D eigenvalue weighted by atomic mass is 9.87. The van der Waals surface area contributed by atoms with Crippen LogP contribution in [-0.2, 0) is 26.3 Å². The topological polar surface area (TPSA) is 125 Å². The van der Waals surface area contributed by atoms with Crippen molar-refractivity contribution >= 4 is 60.5 Å². The lowest BCUT2D eigenvalue weighted by Crippen LogP contribution is -2.34. The zero-order valence-corrected chi connectivity index (χ0v) is 36.3. The smallest absolute Gasteiger partial charge is 0.380 e. The largest absolute Gasteiger partial charge is 0.501 e. The average Bonchev–Trinajstić information content (AvgIpc) is 3.77. The summed E-state index contributed by atoms with van der Waals surface area (Å²) in [5.41, 5.74) is -1.68. The molecule has 2 fully saturated rings. The lowest BCUT2D eigenvalue weighted by Gasteiger charge is -2.34. The molecule has 5 aromatic rings. The van der Waals surface area contributed by atoms with Gasteiger partial charge in [0, 0.05) is 52.1 Å². The third kappa shape index (κ3) is 11.1. The number of rotatable bonds is 15. The van der Waals surface area contributed by atoms with Gasteiger partial charge in [0.15, 0.2) is 0 Å². The number of anilines is 2. The van der Waals surface area contributed by atoms with Crippen LogP contribution in [0.3, 0.4) is 0 Å². The Hall–Kier alpha value is -4.54. The quantitative estimate of drug-likeness (QED) is 0.0882. The van der Waals surface area contributed by atoms with Gasteiger partial charge in [-0.15, -0.1) is 11.8 Å². The monoisotopic (exact) mass is 910 g/mol. The van der Waals surface area contributed by atoms with Crippen molar-refractivity contribution in [2.45, 2.75) is 70.8 Å². The van der Waals surface area contributed by atoms with E-state index in [0.29, 0.717) is 29.2 Å². The number of benzene rings is 5. The molecule has 61 heavy (non-hydrogen) atoms. The molecule has 0 radical (unpaired) electrons. The van der Waals surface area contributed by atoms with Gasteiger partial charge in [-0.1, -0.05) is 66.2 Å². The number of carbonyl (C=O) groups is 1. The van der Waals surface area contributed by atoms with Crippen molar-refractivity contribution in [2.75, 3.05) is 35.6 Å². The molecule has 0 spiro atoms. The highest BCUT2D eigenvalue weighted by Crippen LogP contribution is 2.37. The van der Waals surface area contributed by atoms with Gasteiger partial charge in [-0.05, 0) is 134 Å². The predicted octanol–water partition coefficient (Wildman–Crippen LogP) is 9.59. The van der Waals surface area contributed by atoms with E-state index in [0.717, 1.165) is 80.0 Å². The van der Waals surface area contributed by atoms with Crippen molar-refractivity contribution in [2.24, 2.45) is 5.92 Å². The molecule has 0 aromatic heterocycles. The summed E-state index contributed by atoms with van der Waals surface area (Å²) in [4.78, 5) is 14.3. The SMILES string of the molecule is O=C(NS(=O)(=O)c1ccc(N[C@@H](CSc2ccccc2)C[C@H]2CCCN2)c(S(=O)(=O)C(F)(F)F)c1)c1ccc(N2CCC(Cc3ccccc3-c3ccc(Cl)cc3)CC2)cc1. The summed E-state index contributed by atoms with van der Waals surface area (Å²) in [6.07, 6.45) is 5.08. The van der Waals surface area contributed by atoms with Gasteiger partial charge in [0.1, 0.15) is 4.90 Å². The zero-order chi connectivity index (χ0) is 43.2. The maximum atomic E-state index is 14.1. The number of nitrogens with zero attached hydrogens (tertiary/aromatic N) is 1. The summed E-state index contributed by atoms with van der Waals surface area (Å²) < 4.78 is 97.1. The van der Waals surface area contributed by atoms with Crippen LogP contribution in [0.5, 0.6) is 0 Å². The number of nitrogens with one attached hydrogen (secondary N) is 3. The normalized spacial score (nSPS) is 16.9. The van der Waals surface area contributed by atoms with E-state index in [9.17, 15) is 34.8 Å². The number of carbonyl (C=O) groups excluding carboxylic acids is 1. The molecule has 16 heteroatoms. The molecule has 2 heterocycles. The van der Waals surface area contributed by atoms with Crippen molar-refractivity contribution in [1.29, 1.82) is 0 Å². The highest BCUT2D eigenvalue weighted by atomic mass is 35.5. The van der Waals surface area contributed by atoms with Crippen molar-refractivity contribution in [3.8, 4) is 11.1 Å². The van der Waals surface area contributed by atoms with Crippen LogP contribution in [0, 0.1) is 5.92 Å². The van der Waals surface area contributed by atoms with Gasteiger partial charge in [-0.2, -0.15) is 13.2 Å². The van der Waals surface area contributed by atoms with Crippen LogP contribution < -0.4 is 20.3 Å². The summed E-state index contributed by atoms with van der Waals surface area (Å²) in [6.45, 7) is 2.36. The number of thioether (sulfide) groups is 1. The first-order chi connectivity index (χ1) is 29.2. The van der Waals surface area contributed by atoms with Gasteiger partial charge in [0.05, 0.1) is 10.6 Å². The molecular formula is C45H46ClF3N4O5S3. The third-order valence-electron chi connectivity index (χ3n) is 11.2. The van der Waals surface area contributed by atoms with Crippen LogP contribution in [0.2, 0.25) is 5.02 Å². The fourth-order valence-corrected chi connectivity index (χ4v) is 11.0. The lowest BCUT2D eigenvalue weighted by molar-refractivity contribution is -0.0435. The minimum absolute atomic E-state index is 0.00159.